The number of carbonyl (C=O) groups excluding carboxylic acids is 1. The zero-order chi connectivity index (χ0) is 23.8. The Kier molecular flexibility index (Phi) is 5.79. The Hall–Kier alpha value is -3.72. The Morgan fingerprint density at radius 3 is 2.74 bits per heavy atom. The zero-order valence-electron chi connectivity index (χ0n) is 19.2. The second kappa shape index (κ2) is 8.90. The highest BCUT2D eigenvalue weighted by Gasteiger charge is 2.22. The summed E-state index contributed by atoms with van der Waals surface area (Å²) in [6.07, 6.45) is 3.40. The first-order valence-corrected chi connectivity index (χ1v) is 11.8. The van der Waals surface area contributed by atoms with Crippen LogP contribution >= 0.6 is 11.8 Å². The summed E-state index contributed by atoms with van der Waals surface area (Å²) < 4.78 is 20.5. The number of ether oxygens (including phenoxy) is 2. The van der Waals surface area contributed by atoms with Crippen molar-refractivity contribution in [1.82, 2.24) is 19.3 Å². The maximum Gasteiger partial charge on any atom is 0.231 e. The van der Waals surface area contributed by atoms with Crippen molar-refractivity contribution >= 4 is 17.5 Å². The number of aryl methyl sites for hydroxylation is 2. The lowest BCUT2D eigenvalue weighted by molar-refractivity contribution is 0.102. The fourth-order valence-corrected chi connectivity index (χ4v) is 4.96. The summed E-state index contributed by atoms with van der Waals surface area (Å²) in [6.45, 7) is 10.5. The maximum absolute atomic E-state index is 13.2. The molecule has 3 aromatic heterocycles. The number of nitrogens with zero attached hydrogens (tertiary/aromatic N) is 4. The number of allylic oxidation sites excluding steroid dienone is 1. The molecule has 4 heterocycles. The van der Waals surface area contributed by atoms with Gasteiger partial charge in [-0.05, 0) is 50.6 Å². The summed E-state index contributed by atoms with van der Waals surface area (Å²) >= 11 is 1.35. The Morgan fingerprint density at radius 1 is 1.15 bits per heavy atom. The van der Waals surface area contributed by atoms with Crippen LogP contribution in [0.4, 0.5) is 0 Å². The first kappa shape index (κ1) is 22.1. The minimum Gasteiger partial charge on any atom is -0.461 e. The second-order valence-electron chi connectivity index (χ2n) is 8.01. The number of ketones is 1. The van der Waals surface area contributed by atoms with E-state index in [1.807, 2.05) is 55.7 Å². The predicted molar refractivity (Wildman–Crippen MR) is 129 cm³/mol. The molecule has 1 aromatic carbocycles. The fraction of sp³-hybridized carbons (Fsp3) is 0.240. The normalized spacial score (nSPS) is 12.3. The number of hydrogen-bond donors (Lipinski definition) is 0. The third kappa shape index (κ3) is 3.81. The largest absolute Gasteiger partial charge is 0.461 e. The van der Waals surface area contributed by atoms with E-state index in [0.29, 0.717) is 34.6 Å². The molecular weight excluding hydrogens is 452 g/mol. The number of thioether (sulfide) groups is 1. The number of rotatable bonds is 8. The van der Waals surface area contributed by atoms with Gasteiger partial charge in [0.15, 0.2) is 28.2 Å². The quantitative estimate of drug-likeness (QED) is 0.198. The van der Waals surface area contributed by atoms with E-state index in [4.69, 9.17) is 13.9 Å². The Labute approximate surface area is 201 Å². The lowest BCUT2D eigenvalue weighted by atomic mass is 10.2. The monoisotopic (exact) mass is 476 g/mol. The molecule has 0 amide bonds. The summed E-state index contributed by atoms with van der Waals surface area (Å²) in [6, 6.07) is 9.59. The lowest BCUT2D eigenvalue weighted by Gasteiger charge is -2.11. The van der Waals surface area contributed by atoms with Crippen LogP contribution < -0.4 is 9.47 Å². The molecule has 1 aliphatic rings. The molecule has 0 unspecified atom stereocenters. The molecule has 0 fully saturated rings. The van der Waals surface area contributed by atoms with Crippen LogP contribution in [0.25, 0.3) is 17.3 Å². The molecule has 0 spiro atoms. The van der Waals surface area contributed by atoms with Crippen molar-refractivity contribution in [1.29, 1.82) is 0 Å². The van der Waals surface area contributed by atoms with Gasteiger partial charge < -0.3 is 18.5 Å². The number of benzene rings is 1. The van der Waals surface area contributed by atoms with E-state index in [1.165, 1.54) is 11.8 Å². The standard InChI is InChI=1S/C25H24N4O4S/c1-5-9-28-24(23-15(2)8-10-31-23)26-27-25(28)34-13-20(30)19-11-16(3)29(17(19)4)18-6-7-21-22(12-18)33-14-32-21/h5-8,10-12H,1,9,13-14H2,2-4H3. The van der Waals surface area contributed by atoms with Gasteiger partial charge in [-0.25, -0.2) is 0 Å². The van der Waals surface area contributed by atoms with Crippen molar-refractivity contribution in [2.45, 2.75) is 32.5 Å². The lowest BCUT2D eigenvalue weighted by Crippen LogP contribution is -2.07. The summed E-state index contributed by atoms with van der Waals surface area (Å²) in [4.78, 5) is 13.2. The van der Waals surface area contributed by atoms with E-state index in [-0.39, 0.29) is 18.3 Å². The Morgan fingerprint density at radius 2 is 1.97 bits per heavy atom. The highest BCUT2D eigenvalue weighted by molar-refractivity contribution is 7.99. The van der Waals surface area contributed by atoms with E-state index in [1.54, 1.807) is 12.3 Å². The van der Waals surface area contributed by atoms with E-state index in [2.05, 4.69) is 21.3 Å². The topological polar surface area (TPSA) is 84.3 Å². The van der Waals surface area contributed by atoms with Crippen molar-refractivity contribution in [3.05, 3.63) is 71.8 Å². The number of aromatic nitrogens is 4. The molecule has 0 N–H and O–H groups in total. The average molecular weight is 477 g/mol. The number of furan rings is 1. The third-order valence-corrected chi connectivity index (χ3v) is 6.74. The molecule has 0 saturated heterocycles. The van der Waals surface area contributed by atoms with Gasteiger partial charge in [-0.1, -0.05) is 17.8 Å². The molecule has 1 aliphatic heterocycles. The third-order valence-electron chi connectivity index (χ3n) is 5.77. The van der Waals surface area contributed by atoms with Gasteiger partial charge in [0, 0.05) is 35.2 Å². The first-order chi connectivity index (χ1) is 16.5. The SMILES string of the molecule is C=CCn1c(SCC(=O)c2cc(C)n(-c3ccc4c(c3)OCO4)c2C)nnc1-c1occc1C. The van der Waals surface area contributed by atoms with Crippen molar-refractivity contribution in [2.75, 3.05) is 12.5 Å². The number of fused-ring (bicyclic) bond motifs is 1. The van der Waals surface area contributed by atoms with Crippen molar-refractivity contribution in [3.63, 3.8) is 0 Å². The van der Waals surface area contributed by atoms with Gasteiger partial charge in [-0.3, -0.25) is 9.36 Å². The van der Waals surface area contributed by atoms with Crippen LogP contribution in [-0.2, 0) is 6.54 Å². The highest BCUT2D eigenvalue weighted by atomic mass is 32.2. The summed E-state index contributed by atoms with van der Waals surface area (Å²) in [5, 5.41) is 9.26. The van der Waals surface area contributed by atoms with Crippen LogP contribution in [0.5, 0.6) is 11.5 Å². The second-order valence-corrected chi connectivity index (χ2v) is 8.95. The van der Waals surface area contributed by atoms with Gasteiger partial charge in [0.1, 0.15) is 0 Å². The molecule has 0 saturated carbocycles. The van der Waals surface area contributed by atoms with Gasteiger partial charge in [0.25, 0.3) is 0 Å². The molecule has 4 aromatic rings. The molecule has 0 bridgehead atoms. The van der Waals surface area contributed by atoms with Crippen LogP contribution in [0.15, 0.2) is 58.8 Å². The number of hydrogen-bond acceptors (Lipinski definition) is 7. The molecular formula is C25H24N4O4S. The van der Waals surface area contributed by atoms with E-state index >= 15 is 0 Å². The molecule has 34 heavy (non-hydrogen) atoms. The summed E-state index contributed by atoms with van der Waals surface area (Å²) in [7, 11) is 0. The van der Waals surface area contributed by atoms with Crippen LogP contribution in [0.2, 0.25) is 0 Å². The van der Waals surface area contributed by atoms with Crippen LogP contribution in [0, 0.1) is 20.8 Å². The molecule has 0 radical (unpaired) electrons. The highest BCUT2D eigenvalue weighted by Crippen LogP contribution is 2.35. The van der Waals surface area contributed by atoms with E-state index < -0.39 is 0 Å². The van der Waals surface area contributed by atoms with Crippen molar-refractivity contribution in [3.8, 4) is 28.8 Å². The molecule has 174 valence electrons. The predicted octanol–water partition coefficient (Wildman–Crippen LogP) is 5.14. The number of carbonyl (C=O) groups is 1. The zero-order valence-corrected chi connectivity index (χ0v) is 20.0. The smallest absolute Gasteiger partial charge is 0.231 e. The van der Waals surface area contributed by atoms with Crippen molar-refractivity contribution < 1.29 is 18.7 Å². The molecule has 0 aliphatic carbocycles. The Balaban J connectivity index is 1.38. The van der Waals surface area contributed by atoms with E-state index in [9.17, 15) is 4.79 Å². The first-order valence-electron chi connectivity index (χ1n) is 10.8. The van der Waals surface area contributed by atoms with Gasteiger partial charge >= 0.3 is 0 Å². The van der Waals surface area contributed by atoms with Crippen LogP contribution in [0.3, 0.4) is 0 Å². The molecule has 5 rings (SSSR count). The van der Waals surface area contributed by atoms with Gasteiger partial charge in [0.05, 0.1) is 12.0 Å². The van der Waals surface area contributed by atoms with Gasteiger partial charge in [0.2, 0.25) is 12.6 Å². The number of Topliss-reactive ketones (excluding diaryl/α,β-unsaturated/α-hetero) is 1. The Bertz CT molecular complexity index is 1400. The van der Waals surface area contributed by atoms with E-state index in [0.717, 1.165) is 28.4 Å². The molecule has 0 atom stereocenters. The molecule has 9 heteroatoms. The van der Waals surface area contributed by atoms with Crippen molar-refractivity contribution in [2.24, 2.45) is 0 Å². The van der Waals surface area contributed by atoms with Crippen LogP contribution in [-0.4, -0.2) is 37.7 Å². The molecule has 8 nitrogen and oxygen atoms in total. The minimum absolute atomic E-state index is 0.0222. The average Bonchev–Trinajstić information content (AvgIpc) is 3.59. The fourth-order valence-electron chi connectivity index (χ4n) is 4.13. The minimum atomic E-state index is 0.0222. The van der Waals surface area contributed by atoms with Crippen LogP contribution in [0.1, 0.15) is 27.3 Å². The van der Waals surface area contributed by atoms with Gasteiger partial charge in [-0.15, -0.1) is 16.8 Å². The summed E-state index contributed by atoms with van der Waals surface area (Å²) in [5.74, 6) is 2.98. The maximum atomic E-state index is 13.2. The van der Waals surface area contributed by atoms with Gasteiger partial charge in [-0.2, -0.15) is 0 Å². The summed E-state index contributed by atoms with van der Waals surface area (Å²) in [5.41, 5.74) is 4.42.